The summed E-state index contributed by atoms with van der Waals surface area (Å²) in [4.78, 5) is 43.6. The average molecular weight is 487 g/mol. The lowest BCUT2D eigenvalue weighted by Crippen LogP contribution is -2.34. The van der Waals surface area contributed by atoms with E-state index >= 15 is 0 Å². The molecule has 0 spiro atoms. The molecule has 0 atom stereocenters. The summed E-state index contributed by atoms with van der Waals surface area (Å²) >= 11 is 0. The van der Waals surface area contributed by atoms with Crippen molar-refractivity contribution >= 4 is 40.2 Å². The summed E-state index contributed by atoms with van der Waals surface area (Å²) in [6, 6.07) is 10.9. The van der Waals surface area contributed by atoms with Gasteiger partial charge in [-0.3, -0.25) is 14.4 Å². The second kappa shape index (κ2) is 10.6. The van der Waals surface area contributed by atoms with Gasteiger partial charge in [-0.05, 0) is 59.7 Å². The number of carbonyl (C=O) groups excluding carboxylic acids is 2. The van der Waals surface area contributed by atoms with Crippen molar-refractivity contribution in [2.24, 2.45) is 16.5 Å². The van der Waals surface area contributed by atoms with Crippen LogP contribution >= 0.6 is 0 Å². The Kier molecular flexibility index (Phi) is 6.93. The molecule has 1 aliphatic rings. The number of fused-ring (bicyclic) bond motifs is 2. The summed E-state index contributed by atoms with van der Waals surface area (Å²) in [5.41, 5.74) is 14.3. The Hall–Kier alpha value is -4.20. The van der Waals surface area contributed by atoms with E-state index in [0.29, 0.717) is 46.5 Å². The van der Waals surface area contributed by atoms with Crippen LogP contribution in [0, 0.1) is 0 Å². The Balaban J connectivity index is 1.75. The Morgan fingerprint density at radius 1 is 1.11 bits per heavy atom. The van der Waals surface area contributed by atoms with E-state index in [1.807, 2.05) is 30.9 Å². The molecule has 186 valence electrons. The van der Waals surface area contributed by atoms with E-state index in [1.54, 1.807) is 36.5 Å². The van der Waals surface area contributed by atoms with Gasteiger partial charge < -0.3 is 20.9 Å². The Morgan fingerprint density at radius 3 is 2.53 bits per heavy atom. The summed E-state index contributed by atoms with van der Waals surface area (Å²) in [6.45, 7) is 5.22. The predicted molar refractivity (Wildman–Crippen MR) is 144 cm³/mol. The van der Waals surface area contributed by atoms with Crippen LogP contribution in [-0.4, -0.2) is 40.2 Å². The van der Waals surface area contributed by atoms with Crippen molar-refractivity contribution in [3.8, 4) is 11.1 Å². The van der Waals surface area contributed by atoms with E-state index in [-0.39, 0.29) is 30.5 Å². The molecule has 0 bridgehead atoms. The molecule has 1 aliphatic heterocycles. The van der Waals surface area contributed by atoms with Crippen molar-refractivity contribution in [1.82, 2.24) is 9.47 Å². The SMILES string of the molecule is [2H]c1cc(-c2ccc3c(=O)n(CC(N)=O)ccc3c2)cc2c1C=C(C(=O)N(CCC)CCC)CC(N)=N2. The minimum Gasteiger partial charge on any atom is -0.387 e. The van der Waals surface area contributed by atoms with Crippen molar-refractivity contribution in [1.29, 1.82) is 0 Å². The maximum Gasteiger partial charge on any atom is 0.258 e. The molecule has 2 amide bonds. The standard InChI is InChI=1S/C28H31N5O3/c1-3-10-32(11-4-2)27(35)22-14-21-6-5-19(15-24(21)31-25(29)16-22)18-7-8-23-20(13-18)9-12-33(28(23)36)17-26(30)34/h5-9,12-15H,3-4,10-11,16-17H2,1-2H3,(H2,29,31)(H2,30,34)/i6D. The largest absolute Gasteiger partial charge is 0.387 e. The lowest BCUT2D eigenvalue weighted by molar-refractivity contribution is -0.127. The number of nitrogens with zero attached hydrogens (tertiary/aromatic N) is 3. The molecule has 3 aromatic rings. The zero-order valence-corrected chi connectivity index (χ0v) is 20.6. The number of amidine groups is 1. The third kappa shape index (κ3) is 5.22. The Bertz CT molecular complexity index is 1500. The molecule has 8 nitrogen and oxygen atoms in total. The first-order valence-corrected chi connectivity index (χ1v) is 12.1. The van der Waals surface area contributed by atoms with Crippen molar-refractivity contribution in [3.05, 3.63) is 70.1 Å². The summed E-state index contributed by atoms with van der Waals surface area (Å²) in [6.07, 6.45) is 5.22. The van der Waals surface area contributed by atoms with Crippen molar-refractivity contribution in [2.75, 3.05) is 13.1 Å². The van der Waals surface area contributed by atoms with Gasteiger partial charge in [0, 0.05) is 42.2 Å². The van der Waals surface area contributed by atoms with Crippen LogP contribution in [-0.2, 0) is 16.1 Å². The topological polar surface area (TPSA) is 124 Å². The van der Waals surface area contributed by atoms with Crippen LogP contribution in [0.2, 0.25) is 0 Å². The number of carbonyl (C=O) groups is 2. The van der Waals surface area contributed by atoms with Gasteiger partial charge in [-0.1, -0.05) is 32.0 Å². The fraction of sp³-hybridized carbons (Fsp3) is 0.286. The maximum atomic E-state index is 13.3. The van der Waals surface area contributed by atoms with E-state index in [2.05, 4.69) is 4.99 Å². The van der Waals surface area contributed by atoms with Crippen LogP contribution in [0.25, 0.3) is 28.0 Å². The zero-order chi connectivity index (χ0) is 26.7. The number of aromatic nitrogens is 1. The molecule has 0 unspecified atom stereocenters. The summed E-state index contributed by atoms with van der Waals surface area (Å²) < 4.78 is 9.99. The molecule has 0 radical (unpaired) electrons. The average Bonchev–Trinajstić information content (AvgIpc) is 3.03. The number of nitrogens with two attached hydrogens (primary N) is 2. The van der Waals surface area contributed by atoms with Gasteiger partial charge >= 0.3 is 0 Å². The highest BCUT2D eigenvalue weighted by Gasteiger charge is 2.21. The fourth-order valence-corrected chi connectivity index (χ4v) is 4.44. The molecule has 8 heteroatoms. The van der Waals surface area contributed by atoms with Crippen molar-refractivity contribution < 1.29 is 11.0 Å². The number of hydrogen-bond donors (Lipinski definition) is 2. The zero-order valence-electron chi connectivity index (χ0n) is 21.6. The van der Waals surface area contributed by atoms with Crippen LogP contribution in [0.1, 0.15) is 40.0 Å². The highest BCUT2D eigenvalue weighted by molar-refractivity contribution is 6.05. The maximum absolute atomic E-state index is 13.3. The van der Waals surface area contributed by atoms with Crippen LogP contribution in [0.4, 0.5) is 5.69 Å². The molecule has 4 N–H and O–H groups in total. The van der Waals surface area contributed by atoms with Gasteiger partial charge in [-0.15, -0.1) is 0 Å². The van der Waals surface area contributed by atoms with Crippen LogP contribution in [0.3, 0.4) is 0 Å². The number of hydrogen-bond acceptors (Lipinski definition) is 5. The summed E-state index contributed by atoms with van der Waals surface area (Å²) in [5, 5.41) is 1.16. The Labute approximate surface area is 211 Å². The second-order valence-electron chi connectivity index (χ2n) is 8.95. The van der Waals surface area contributed by atoms with E-state index in [0.717, 1.165) is 24.0 Å². The van der Waals surface area contributed by atoms with E-state index in [9.17, 15) is 14.4 Å². The Morgan fingerprint density at radius 2 is 1.83 bits per heavy atom. The van der Waals surface area contributed by atoms with Crippen molar-refractivity contribution in [3.63, 3.8) is 0 Å². The third-order valence-corrected chi connectivity index (χ3v) is 6.09. The minimum absolute atomic E-state index is 0.0744. The monoisotopic (exact) mass is 486 g/mol. The van der Waals surface area contributed by atoms with Crippen molar-refractivity contribution in [2.45, 2.75) is 39.7 Å². The predicted octanol–water partition coefficient (Wildman–Crippen LogP) is 3.58. The number of primary amides is 1. The highest BCUT2D eigenvalue weighted by Crippen LogP contribution is 2.33. The molecule has 0 fully saturated rings. The normalized spacial score (nSPS) is 13.3. The van der Waals surface area contributed by atoms with Gasteiger partial charge in [-0.25, -0.2) is 4.99 Å². The van der Waals surface area contributed by atoms with Crippen LogP contribution in [0.5, 0.6) is 0 Å². The first kappa shape index (κ1) is 23.5. The third-order valence-electron chi connectivity index (χ3n) is 6.09. The molecule has 2 aromatic carbocycles. The van der Waals surface area contributed by atoms with Crippen LogP contribution in [0.15, 0.2) is 64.0 Å². The smallest absolute Gasteiger partial charge is 0.258 e. The van der Waals surface area contributed by atoms with Gasteiger partial charge in [0.05, 0.1) is 7.06 Å². The molecule has 2 heterocycles. The number of amides is 2. The minimum atomic E-state index is -0.590. The highest BCUT2D eigenvalue weighted by atomic mass is 16.2. The van der Waals surface area contributed by atoms with Crippen LogP contribution < -0.4 is 17.0 Å². The van der Waals surface area contributed by atoms with Gasteiger partial charge in [0.2, 0.25) is 11.8 Å². The lowest BCUT2D eigenvalue weighted by Gasteiger charge is -2.22. The molecule has 0 aliphatic carbocycles. The van der Waals surface area contributed by atoms with E-state index in [4.69, 9.17) is 12.8 Å². The van der Waals surface area contributed by atoms with E-state index < -0.39 is 5.91 Å². The first-order valence-electron chi connectivity index (χ1n) is 12.6. The van der Waals surface area contributed by atoms with Gasteiger partial charge in [-0.2, -0.15) is 0 Å². The van der Waals surface area contributed by atoms with Gasteiger partial charge in [0.1, 0.15) is 12.4 Å². The lowest BCUT2D eigenvalue weighted by atomic mass is 9.99. The number of pyridine rings is 1. The molecular weight excluding hydrogens is 454 g/mol. The second-order valence-corrected chi connectivity index (χ2v) is 8.95. The number of benzene rings is 2. The molecule has 0 saturated carbocycles. The fourth-order valence-electron chi connectivity index (χ4n) is 4.44. The van der Waals surface area contributed by atoms with Gasteiger partial charge in [0.15, 0.2) is 0 Å². The summed E-state index contributed by atoms with van der Waals surface area (Å²) in [5.74, 6) is -0.348. The molecule has 1 aromatic heterocycles. The quantitative estimate of drug-likeness (QED) is 0.505. The number of rotatable bonds is 8. The molecule has 4 rings (SSSR count). The summed E-state index contributed by atoms with van der Waals surface area (Å²) in [7, 11) is 0. The van der Waals surface area contributed by atoms with E-state index in [1.165, 1.54) is 4.57 Å². The molecule has 0 saturated heterocycles. The first-order chi connectivity index (χ1) is 17.7. The molecule has 36 heavy (non-hydrogen) atoms. The van der Waals surface area contributed by atoms with Gasteiger partial charge in [0.25, 0.3) is 5.56 Å². The molecular formula is C28H31N5O3. The number of aliphatic imine (C=N–C) groups is 1.